The Balaban J connectivity index is 0. The summed E-state index contributed by atoms with van der Waals surface area (Å²) >= 11 is 0. The van der Waals surface area contributed by atoms with Crippen molar-refractivity contribution in [2.45, 2.75) is 20.8 Å². The molecule has 0 bridgehead atoms. The van der Waals surface area contributed by atoms with Crippen molar-refractivity contribution in [3.8, 4) is 0 Å². The summed E-state index contributed by atoms with van der Waals surface area (Å²) in [5.74, 6) is 0.449. The summed E-state index contributed by atoms with van der Waals surface area (Å²) in [5, 5.41) is 0. The molecule has 0 amide bonds. The zero-order chi connectivity index (χ0) is 8.41. The Kier molecular flexibility index (Phi) is 13.2. The van der Waals surface area contributed by atoms with E-state index in [0.717, 1.165) is 0 Å². The summed E-state index contributed by atoms with van der Waals surface area (Å²) < 4.78 is 4.41. The Morgan fingerprint density at radius 2 is 2.00 bits per heavy atom. The van der Waals surface area contributed by atoms with Crippen LogP contribution in [0.25, 0.3) is 0 Å². The Labute approximate surface area is 62.9 Å². The lowest BCUT2D eigenvalue weighted by Crippen LogP contribution is -1.98. The van der Waals surface area contributed by atoms with Crippen LogP contribution in [0.1, 0.15) is 20.8 Å². The molecule has 0 rings (SSSR count). The van der Waals surface area contributed by atoms with Gasteiger partial charge >= 0.3 is 0 Å². The molecule has 2 heteroatoms. The highest BCUT2D eigenvalue weighted by molar-refractivity contribution is 5.36. The predicted octanol–water partition coefficient (Wildman–Crippen LogP) is 2.01. The van der Waals surface area contributed by atoms with Gasteiger partial charge in [0.15, 0.2) is 0 Å². The van der Waals surface area contributed by atoms with Crippen molar-refractivity contribution in [3.63, 3.8) is 0 Å². The summed E-state index contributed by atoms with van der Waals surface area (Å²) in [6.45, 7) is 10.2. The maximum absolute atomic E-state index is 9.49. The van der Waals surface area contributed by atoms with Crippen molar-refractivity contribution in [1.29, 1.82) is 0 Å². The third kappa shape index (κ3) is 27.0. The van der Waals surface area contributed by atoms with Crippen molar-refractivity contribution in [2.75, 3.05) is 6.61 Å². The maximum atomic E-state index is 9.49. The molecule has 60 valence electrons. The van der Waals surface area contributed by atoms with Crippen molar-refractivity contribution in [2.24, 2.45) is 5.92 Å². The Bertz CT molecular complexity index is 77.3. The van der Waals surface area contributed by atoms with Crippen LogP contribution in [0.15, 0.2) is 12.7 Å². The predicted molar refractivity (Wildman–Crippen MR) is 42.7 cm³/mol. The molecule has 0 aromatic heterocycles. The average Bonchev–Trinajstić information content (AvgIpc) is 1.85. The number of rotatable bonds is 3. The van der Waals surface area contributed by atoms with Crippen molar-refractivity contribution in [3.05, 3.63) is 12.7 Å². The molecule has 0 aliphatic rings. The van der Waals surface area contributed by atoms with Crippen LogP contribution >= 0.6 is 0 Å². The topological polar surface area (TPSA) is 26.3 Å². The third-order valence-corrected chi connectivity index (χ3v) is 0.498. The van der Waals surface area contributed by atoms with Gasteiger partial charge in [-0.1, -0.05) is 19.9 Å². The van der Waals surface area contributed by atoms with E-state index in [4.69, 9.17) is 0 Å². The molecule has 0 N–H and O–H groups in total. The van der Waals surface area contributed by atoms with Crippen molar-refractivity contribution in [1.82, 2.24) is 0 Å². The van der Waals surface area contributed by atoms with Crippen molar-refractivity contribution < 1.29 is 9.53 Å². The molecule has 2 nitrogen and oxygen atoms in total. The minimum Gasteiger partial charge on any atom is -0.468 e. The second-order valence-electron chi connectivity index (χ2n) is 2.23. The minimum atomic E-state index is 0.449. The zero-order valence-corrected chi connectivity index (χ0v) is 6.96. The van der Waals surface area contributed by atoms with Gasteiger partial charge in [-0.2, -0.15) is 0 Å². The second kappa shape index (κ2) is 11.1. The standard InChI is InChI=1S/C5H10O2.C3H6/c1-5(2)3-7-4-6;1-3-2/h4-5H,3H2,1-2H3;3H,1H2,2H3. The fraction of sp³-hybridized carbons (Fsp3) is 0.625. The van der Waals surface area contributed by atoms with Gasteiger partial charge in [0.2, 0.25) is 0 Å². The van der Waals surface area contributed by atoms with Gasteiger partial charge in [-0.05, 0) is 12.8 Å². The van der Waals surface area contributed by atoms with Crippen LogP contribution in [0.3, 0.4) is 0 Å². The lowest BCUT2D eigenvalue weighted by Gasteiger charge is -1.98. The van der Waals surface area contributed by atoms with E-state index in [1.165, 1.54) is 0 Å². The lowest BCUT2D eigenvalue weighted by atomic mass is 10.2. The van der Waals surface area contributed by atoms with Crippen molar-refractivity contribution >= 4 is 6.47 Å². The van der Waals surface area contributed by atoms with E-state index in [-0.39, 0.29) is 0 Å². The fourth-order valence-corrected chi connectivity index (χ4v) is 0.232. The molecule has 0 unspecified atom stereocenters. The number of hydrogen-bond donors (Lipinski definition) is 0. The summed E-state index contributed by atoms with van der Waals surface area (Å²) in [7, 11) is 0. The number of ether oxygens (including phenoxy) is 1. The first kappa shape index (κ1) is 11.9. The molecule has 0 aromatic rings. The van der Waals surface area contributed by atoms with Crippen LogP contribution in [0, 0.1) is 5.92 Å². The molecule has 0 saturated carbocycles. The van der Waals surface area contributed by atoms with Gasteiger partial charge in [0.25, 0.3) is 6.47 Å². The number of carbonyl (C=O) groups is 1. The first-order valence-electron chi connectivity index (χ1n) is 3.31. The number of carbonyl (C=O) groups excluding carboxylic acids is 1. The highest BCUT2D eigenvalue weighted by Crippen LogP contribution is 1.88. The van der Waals surface area contributed by atoms with E-state index in [2.05, 4.69) is 11.3 Å². The van der Waals surface area contributed by atoms with Gasteiger partial charge in [0.1, 0.15) is 0 Å². The van der Waals surface area contributed by atoms with E-state index in [1.807, 2.05) is 20.8 Å². The SMILES string of the molecule is C=CC.CC(C)COC=O. The highest BCUT2D eigenvalue weighted by atomic mass is 16.5. The summed E-state index contributed by atoms with van der Waals surface area (Å²) in [6.07, 6.45) is 1.75. The van der Waals surface area contributed by atoms with Crippen LogP contribution in [0.4, 0.5) is 0 Å². The monoisotopic (exact) mass is 144 g/mol. The molecule has 0 aliphatic heterocycles. The molecule has 0 aromatic carbocycles. The Morgan fingerprint density at radius 3 is 2.10 bits per heavy atom. The van der Waals surface area contributed by atoms with Crippen LogP contribution in [-0.4, -0.2) is 13.1 Å². The van der Waals surface area contributed by atoms with E-state index < -0.39 is 0 Å². The maximum Gasteiger partial charge on any atom is 0.293 e. The van der Waals surface area contributed by atoms with E-state index in [0.29, 0.717) is 19.0 Å². The van der Waals surface area contributed by atoms with Crippen LogP contribution < -0.4 is 0 Å². The van der Waals surface area contributed by atoms with Crippen LogP contribution in [0.2, 0.25) is 0 Å². The molecule has 0 spiro atoms. The molecule has 0 fully saturated rings. The van der Waals surface area contributed by atoms with Crippen LogP contribution in [-0.2, 0) is 9.53 Å². The number of allylic oxidation sites excluding steroid dienone is 1. The number of hydrogen-bond acceptors (Lipinski definition) is 2. The van der Waals surface area contributed by atoms with Gasteiger partial charge in [-0.15, -0.1) is 6.58 Å². The molecule has 0 aliphatic carbocycles. The van der Waals surface area contributed by atoms with Gasteiger partial charge in [-0.25, -0.2) is 0 Å². The zero-order valence-electron chi connectivity index (χ0n) is 6.96. The van der Waals surface area contributed by atoms with E-state index in [1.54, 1.807) is 6.08 Å². The second-order valence-corrected chi connectivity index (χ2v) is 2.23. The summed E-state index contributed by atoms with van der Waals surface area (Å²) in [5.41, 5.74) is 0. The summed E-state index contributed by atoms with van der Waals surface area (Å²) in [4.78, 5) is 9.49. The van der Waals surface area contributed by atoms with Gasteiger partial charge < -0.3 is 4.74 Å². The molecule has 0 heterocycles. The minimum absolute atomic E-state index is 0.449. The smallest absolute Gasteiger partial charge is 0.293 e. The lowest BCUT2D eigenvalue weighted by molar-refractivity contribution is -0.129. The van der Waals surface area contributed by atoms with Gasteiger partial charge in [0, 0.05) is 0 Å². The highest BCUT2D eigenvalue weighted by Gasteiger charge is 1.88. The average molecular weight is 144 g/mol. The fourth-order valence-electron chi connectivity index (χ4n) is 0.232. The third-order valence-electron chi connectivity index (χ3n) is 0.498. The Morgan fingerprint density at radius 1 is 1.60 bits per heavy atom. The first-order valence-corrected chi connectivity index (χ1v) is 3.31. The molecular formula is C8H16O2. The van der Waals surface area contributed by atoms with E-state index in [9.17, 15) is 4.79 Å². The molecule has 10 heavy (non-hydrogen) atoms. The molecule has 0 radical (unpaired) electrons. The van der Waals surface area contributed by atoms with Gasteiger partial charge in [-0.3, -0.25) is 4.79 Å². The van der Waals surface area contributed by atoms with Gasteiger partial charge in [0.05, 0.1) is 6.61 Å². The molecule has 0 atom stereocenters. The quantitative estimate of drug-likeness (QED) is 0.447. The normalized spacial score (nSPS) is 7.60. The molecule has 0 saturated heterocycles. The molecular weight excluding hydrogens is 128 g/mol. The largest absolute Gasteiger partial charge is 0.468 e. The summed E-state index contributed by atoms with van der Waals surface area (Å²) in [6, 6.07) is 0. The Hall–Kier alpha value is -0.790. The van der Waals surface area contributed by atoms with E-state index >= 15 is 0 Å². The first-order chi connectivity index (χ1) is 4.68. The van der Waals surface area contributed by atoms with Crippen LogP contribution in [0.5, 0.6) is 0 Å².